The van der Waals surface area contributed by atoms with E-state index in [1.807, 2.05) is 0 Å². The van der Waals surface area contributed by atoms with E-state index >= 15 is 0 Å². The third kappa shape index (κ3) is 3.56. The maximum atomic E-state index is 12.0. The van der Waals surface area contributed by atoms with E-state index in [9.17, 15) is 21.6 Å². The van der Waals surface area contributed by atoms with Crippen LogP contribution in [0.2, 0.25) is 0 Å². The Bertz CT molecular complexity index is 736. The average Bonchev–Trinajstić information content (AvgIpc) is 2.26. The first-order valence-electron chi connectivity index (χ1n) is 5.49. The number of carbonyl (C=O) groups excluding carboxylic acids is 1. The van der Waals surface area contributed by atoms with E-state index in [0.29, 0.717) is 0 Å². The smallest absolute Gasteiger partial charge is 0.245 e. The second-order valence-corrected chi connectivity index (χ2v) is 8.94. The Morgan fingerprint density at radius 1 is 1.20 bits per heavy atom. The van der Waals surface area contributed by atoms with Gasteiger partial charge in [0.2, 0.25) is 15.9 Å². The highest BCUT2D eigenvalue weighted by Crippen LogP contribution is 2.20. The van der Waals surface area contributed by atoms with Gasteiger partial charge < -0.3 is 5.32 Å². The van der Waals surface area contributed by atoms with Gasteiger partial charge in [0.25, 0.3) is 0 Å². The lowest BCUT2D eigenvalue weighted by Gasteiger charge is -2.21. The Balaban J connectivity index is 3.10. The number of benzene rings is 1. The molecule has 0 atom stereocenters. The number of anilines is 1. The molecule has 0 radical (unpaired) electrons. The second kappa shape index (κ2) is 5.15. The molecule has 0 saturated heterocycles. The van der Waals surface area contributed by atoms with Crippen LogP contribution in [-0.4, -0.2) is 33.7 Å². The molecular weight excluding hydrogens is 304 g/mol. The van der Waals surface area contributed by atoms with Crippen LogP contribution in [-0.2, 0) is 24.7 Å². The zero-order valence-corrected chi connectivity index (χ0v) is 12.9. The minimum Gasteiger partial charge on any atom is -0.325 e. The van der Waals surface area contributed by atoms with Crippen molar-refractivity contribution in [3.8, 4) is 0 Å². The van der Waals surface area contributed by atoms with Crippen LogP contribution in [0, 0.1) is 0 Å². The Labute approximate surface area is 118 Å². The second-order valence-electron chi connectivity index (χ2n) is 4.81. The van der Waals surface area contributed by atoms with Crippen molar-refractivity contribution < 1.29 is 21.6 Å². The van der Waals surface area contributed by atoms with Gasteiger partial charge in [-0.3, -0.25) is 4.79 Å². The van der Waals surface area contributed by atoms with Gasteiger partial charge in [0.15, 0.2) is 9.84 Å². The molecule has 1 aromatic rings. The van der Waals surface area contributed by atoms with Crippen molar-refractivity contribution in [2.24, 2.45) is 5.14 Å². The fourth-order valence-electron chi connectivity index (χ4n) is 1.20. The van der Waals surface area contributed by atoms with Crippen molar-refractivity contribution in [1.82, 2.24) is 0 Å². The van der Waals surface area contributed by atoms with Gasteiger partial charge in [-0.1, -0.05) is 6.07 Å². The number of carbonyl (C=O) groups is 1. The maximum Gasteiger partial charge on any atom is 0.245 e. The summed E-state index contributed by atoms with van der Waals surface area (Å²) in [5.74, 6) is -0.758. The van der Waals surface area contributed by atoms with E-state index < -0.39 is 30.5 Å². The van der Waals surface area contributed by atoms with E-state index in [-0.39, 0.29) is 10.6 Å². The molecule has 9 heteroatoms. The van der Waals surface area contributed by atoms with E-state index in [0.717, 1.165) is 12.3 Å². The van der Waals surface area contributed by atoms with Crippen LogP contribution in [0.25, 0.3) is 0 Å². The Hall–Kier alpha value is -1.45. The largest absolute Gasteiger partial charge is 0.325 e. The summed E-state index contributed by atoms with van der Waals surface area (Å²) in [7, 11) is -7.51. The van der Waals surface area contributed by atoms with Crippen molar-refractivity contribution in [2.45, 2.75) is 23.5 Å². The number of nitrogens with one attached hydrogen (secondary N) is 1. The first-order chi connectivity index (χ1) is 8.85. The van der Waals surface area contributed by atoms with E-state index in [1.54, 1.807) is 0 Å². The molecule has 20 heavy (non-hydrogen) atoms. The van der Waals surface area contributed by atoms with Crippen molar-refractivity contribution in [3.63, 3.8) is 0 Å². The molecule has 0 aromatic heterocycles. The van der Waals surface area contributed by atoms with Gasteiger partial charge in [0.05, 0.1) is 4.90 Å². The number of hydrogen-bond acceptors (Lipinski definition) is 5. The molecule has 0 unspecified atom stereocenters. The van der Waals surface area contributed by atoms with Crippen LogP contribution in [0.3, 0.4) is 0 Å². The van der Waals surface area contributed by atoms with Crippen LogP contribution >= 0.6 is 0 Å². The van der Waals surface area contributed by atoms with Gasteiger partial charge in [-0.15, -0.1) is 0 Å². The summed E-state index contributed by atoms with van der Waals surface area (Å²) < 4.78 is 43.8. The molecule has 112 valence electrons. The van der Waals surface area contributed by atoms with Crippen molar-refractivity contribution in [1.29, 1.82) is 0 Å². The first kappa shape index (κ1) is 16.6. The lowest BCUT2D eigenvalue weighted by atomic mass is 10.2. The summed E-state index contributed by atoms with van der Waals surface area (Å²) in [6.45, 7) is 2.53. The highest BCUT2D eigenvalue weighted by molar-refractivity contribution is 7.92. The van der Waals surface area contributed by atoms with Crippen LogP contribution < -0.4 is 10.5 Å². The quantitative estimate of drug-likeness (QED) is 0.814. The van der Waals surface area contributed by atoms with Gasteiger partial charge in [-0.05, 0) is 32.0 Å². The molecule has 0 spiro atoms. The fourth-order valence-corrected chi connectivity index (χ4v) is 2.15. The van der Waals surface area contributed by atoms with Gasteiger partial charge in [0, 0.05) is 11.9 Å². The number of rotatable bonds is 4. The van der Waals surface area contributed by atoms with Crippen molar-refractivity contribution >= 4 is 31.5 Å². The summed E-state index contributed by atoms with van der Waals surface area (Å²) in [4.78, 5) is 11.8. The van der Waals surface area contributed by atoms with Crippen LogP contribution in [0.15, 0.2) is 29.2 Å². The number of amides is 1. The SMILES string of the molecule is CC(C)(C(=O)Nc1cccc(S(N)(=O)=O)c1)S(C)(=O)=O. The third-order valence-corrected chi connectivity index (χ3v) is 5.84. The highest BCUT2D eigenvalue weighted by Gasteiger charge is 2.38. The molecule has 1 rings (SSSR count). The van der Waals surface area contributed by atoms with Crippen LogP contribution in [0.4, 0.5) is 5.69 Å². The molecule has 0 saturated carbocycles. The summed E-state index contributed by atoms with van der Waals surface area (Å²) >= 11 is 0. The third-order valence-electron chi connectivity index (χ3n) is 2.89. The van der Waals surface area contributed by atoms with Gasteiger partial charge in [-0.25, -0.2) is 22.0 Å². The molecule has 1 amide bonds. The van der Waals surface area contributed by atoms with Crippen LogP contribution in [0.5, 0.6) is 0 Å². The summed E-state index contributed by atoms with van der Waals surface area (Å²) in [6, 6.07) is 5.26. The molecule has 7 nitrogen and oxygen atoms in total. The fraction of sp³-hybridized carbons (Fsp3) is 0.364. The molecule has 0 aliphatic heterocycles. The van der Waals surface area contributed by atoms with E-state index in [4.69, 9.17) is 5.14 Å². The van der Waals surface area contributed by atoms with Crippen molar-refractivity contribution in [3.05, 3.63) is 24.3 Å². The molecule has 0 aliphatic rings. The van der Waals surface area contributed by atoms with E-state index in [1.165, 1.54) is 32.0 Å². The number of hydrogen-bond donors (Lipinski definition) is 2. The molecule has 0 heterocycles. The standard InChI is InChI=1S/C11H16N2O5S2/c1-11(2,19(3,15)16)10(14)13-8-5-4-6-9(7-8)20(12,17)18/h4-7H,1-3H3,(H,13,14)(H2,12,17,18). The van der Waals surface area contributed by atoms with E-state index in [2.05, 4.69) is 5.32 Å². The molecule has 0 fully saturated rings. The Kier molecular flexibility index (Phi) is 4.28. The predicted molar refractivity (Wildman–Crippen MR) is 75.4 cm³/mol. The van der Waals surface area contributed by atoms with Crippen LogP contribution in [0.1, 0.15) is 13.8 Å². The minimum atomic E-state index is -3.89. The number of sulfonamides is 1. The first-order valence-corrected chi connectivity index (χ1v) is 8.93. The Morgan fingerprint density at radius 2 is 1.75 bits per heavy atom. The Morgan fingerprint density at radius 3 is 2.20 bits per heavy atom. The van der Waals surface area contributed by atoms with Gasteiger partial charge >= 0.3 is 0 Å². The average molecular weight is 320 g/mol. The lowest BCUT2D eigenvalue weighted by molar-refractivity contribution is -0.117. The number of primary sulfonamides is 1. The zero-order valence-electron chi connectivity index (χ0n) is 11.2. The lowest BCUT2D eigenvalue weighted by Crippen LogP contribution is -2.43. The molecule has 1 aromatic carbocycles. The van der Waals surface area contributed by atoms with Gasteiger partial charge in [0.1, 0.15) is 4.75 Å². The zero-order chi connectivity index (χ0) is 15.8. The van der Waals surface area contributed by atoms with Gasteiger partial charge in [-0.2, -0.15) is 0 Å². The molecule has 0 bridgehead atoms. The van der Waals surface area contributed by atoms with Crippen molar-refractivity contribution in [2.75, 3.05) is 11.6 Å². The number of nitrogens with two attached hydrogens (primary N) is 1. The molecule has 0 aliphatic carbocycles. The topological polar surface area (TPSA) is 123 Å². The number of sulfone groups is 1. The monoisotopic (exact) mass is 320 g/mol. The predicted octanol–water partition coefficient (Wildman–Crippen LogP) is 0.0957. The molecule has 3 N–H and O–H groups in total. The summed E-state index contributed by atoms with van der Waals surface area (Å²) in [5.41, 5.74) is 0.151. The summed E-state index contributed by atoms with van der Waals surface area (Å²) in [5, 5.41) is 7.34. The summed E-state index contributed by atoms with van der Waals surface area (Å²) in [6.07, 6.45) is 0.952. The normalized spacial score (nSPS) is 13.0. The molecular formula is C11H16N2O5S2. The highest BCUT2D eigenvalue weighted by atomic mass is 32.2. The maximum absolute atomic E-state index is 12.0. The minimum absolute atomic E-state index is 0.151.